The first-order valence-electron chi connectivity index (χ1n) is 6.75. The number of hydrogen-bond donors (Lipinski definition) is 2. The Balaban J connectivity index is 2.40. The maximum atomic E-state index is 11.5. The van der Waals surface area contributed by atoms with Crippen LogP contribution in [0, 0.1) is 5.92 Å². The van der Waals surface area contributed by atoms with Gasteiger partial charge in [-0.3, -0.25) is 4.79 Å². The Morgan fingerprint density at radius 3 is 2.63 bits per heavy atom. The zero-order valence-corrected chi connectivity index (χ0v) is 12.0. The first-order chi connectivity index (χ1) is 9.06. The molecular weight excluding hydrogens is 240 g/mol. The number of nitrogens with one attached hydrogen (secondary N) is 1. The molecule has 1 aromatic rings. The van der Waals surface area contributed by atoms with Crippen LogP contribution >= 0.6 is 0 Å². The standard InChI is InChI=1S/C15H24N2O2/c1-11(2)13-6-4-5-7-14(13)19-9-8-17-15(18)12(3)10-16/h4-7,11-12H,8-10,16H2,1-3H3,(H,17,18). The first kappa shape index (κ1) is 15.5. The van der Waals surface area contributed by atoms with Crippen molar-refractivity contribution < 1.29 is 9.53 Å². The van der Waals surface area contributed by atoms with Crippen LogP contribution in [0.5, 0.6) is 5.75 Å². The molecule has 0 fully saturated rings. The van der Waals surface area contributed by atoms with Gasteiger partial charge in [-0.05, 0) is 17.5 Å². The van der Waals surface area contributed by atoms with Crippen molar-refractivity contribution in [2.24, 2.45) is 11.7 Å². The lowest BCUT2D eigenvalue weighted by atomic mass is 10.0. The Morgan fingerprint density at radius 2 is 2.00 bits per heavy atom. The summed E-state index contributed by atoms with van der Waals surface area (Å²) in [6.07, 6.45) is 0. The van der Waals surface area contributed by atoms with E-state index in [-0.39, 0.29) is 11.8 Å². The van der Waals surface area contributed by atoms with E-state index in [2.05, 4.69) is 25.2 Å². The van der Waals surface area contributed by atoms with Crippen molar-refractivity contribution in [1.82, 2.24) is 5.32 Å². The van der Waals surface area contributed by atoms with Crippen molar-refractivity contribution in [3.8, 4) is 5.75 Å². The van der Waals surface area contributed by atoms with Crippen molar-refractivity contribution >= 4 is 5.91 Å². The minimum absolute atomic E-state index is 0.0248. The summed E-state index contributed by atoms with van der Waals surface area (Å²) in [6, 6.07) is 7.98. The second-order valence-electron chi connectivity index (χ2n) is 4.97. The molecule has 0 bridgehead atoms. The molecular formula is C15H24N2O2. The van der Waals surface area contributed by atoms with Crippen molar-refractivity contribution in [2.75, 3.05) is 19.7 Å². The highest BCUT2D eigenvalue weighted by molar-refractivity contribution is 5.78. The van der Waals surface area contributed by atoms with Gasteiger partial charge in [0, 0.05) is 12.5 Å². The Hall–Kier alpha value is -1.55. The van der Waals surface area contributed by atoms with Gasteiger partial charge in [0.15, 0.2) is 0 Å². The van der Waals surface area contributed by atoms with Gasteiger partial charge >= 0.3 is 0 Å². The van der Waals surface area contributed by atoms with Crippen LogP contribution in [-0.2, 0) is 4.79 Å². The van der Waals surface area contributed by atoms with E-state index in [0.29, 0.717) is 25.6 Å². The van der Waals surface area contributed by atoms with Crippen LogP contribution in [0.25, 0.3) is 0 Å². The largest absolute Gasteiger partial charge is 0.491 e. The van der Waals surface area contributed by atoms with Gasteiger partial charge in [0.2, 0.25) is 5.91 Å². The van der Waals surface area contributed by atoms with Crippen molar-refractivity contribution in [2.45, 2.75) is 26.7 Å². The predicted octanol–water partition coefficient (Wildman–Crippen LogP) is 1.90. The maximum Gasteiger partial charge on any atom is 0.224 e. The lowest BCUT2D eigenvalue weighted by molar-refractivity contribution is -0.124. The molecule has 106 valence electrons. The van der Waals surface area contributed by atoms with E-state index in [4.69, 9.17) is 10.5 Å². The molecule has 0 aliphatic heterocycles. The number of rotatable bonds is 7. The molecule has 1 amide bonds. The number of para-hydroxylation sites is 1. The number of ether oxygens (including phenoxy) is 1. The third kappa shape index (κ3) is 4.91. The second-order valence-corrected chi connectivity index (χ2v) is 4.97. The smallest absolute Gasteiger partial charge is 0.224 e. The number of hydrogen-bond acceptors (Lipinski definition) is 3. The second kappa shape index (κ2) is 7.79. The maximum absolute atomic E-state index is 11.5. The average Bonchev–Trinajstić information content (AvgIpc) is 2.42. The van der Waals surface area contributed by atoms with E-state index in [1.54, 1.807) is 0 Å². The van der Waals surface area contributed by atoms with Crippen LogP contribution in [0.3, 0.4) is 0 Å². The van der Waals surface area contributed by atoms with E-state index in [1.165, 1.54) is 5.56 Å². The monoisotopic (exact) mass is 264 g/mol. The Bertz CT molecular complexity index is 405. The van der Waals surface area contributed by atoms with Gasteiger partial charge in [-0.25, -0.2) is 0 Å². The molecule has 0 aliphatic rings. The SMILES string of the molecule is CC(CN)C(=O)NCCOc1ccccc1C(C)C. The molecule has 0 saturated carbocycles. The number of benzene rings is 1. The molecule has 0 saturated heterocycles. The minimum Gasteiger partial charge on any atom is -0.491 e. The quantitative estimate of drug-likeness (QED) is 0.739. The van der Waals surface area contributed by atoms with E-state index in [0.717, 1.165) is 5.75 Å². The normalized spacial score (nSPS) is 12.3. The van der Waals surface area contributed by atoms with Crippen LogP contribution in [0.15, 0.2) is 24.3 Å². The zero-order valence-electron chi connectivity index (χ0n) is 12.0. The van der Waals surface area contributed by atoms with Crippen molar-refractivity contribution in [3.05, 3.63) is 29.8 Å². The molecule has 0 spiro atoms. The summed E-state index contributed by atoms with van der Waals surface area (Å²) in [5, 5.41) is 2.81. The van der Waals surface area contributed by atoms with Gasteiger partial charge in [0.1, 0.15) is 12.4 Å². The summed E-state index contributed by atoms with van der Waals surface area (Å²) < 4.78 is 5.72. The Kier molecular flexibility index (Phi) is 6.36. The Labute approximate surface area is 115 Å². The highest BCUT2D eigenvalue weighted by atomic mass is 16.5. The molecule has 4 heteroatoms. The fraction of sp³-hybridized carbons (Fsp3) is 0.533. The van der Waals surface area contributed by atoms with Crippen LogP contribution in [0.4, 0.5) is 0 Å². The fourth-order valence-electron chi connectivity index (χ4n) is 1.71. The summed E-state index contributed by atoms with van der Waals surface area (Å²) in [7, 11) is 0. The number of carbonyl (C=O) groups is 1. The third-order valence-electron chi connectivity index (χ3n) is 3.00. The highest BCUT2D eigenvalue weighted by Crippen LogP contribution is 2.25. The predicted molar refractivity (Wildman–Crippen MR) is 77.3 cm³/mol. The summed E-state index contributed by atoms with van der Waals surface area (Å²) in [5.74, 6) is 1.13. The molecule has 1 aromatic carbocycles. The van der Waals surface area contributed by atoms with Crippen LogP contribution in [0.2, 0.25) is 0 Å². The topological polar surface area (TPSA) is 64.4 Å². The van der Waals surface area contributed by atoms with Crippen LogP contribution in [-0.4, -0.2) is 25.6 Å². The highest BCUT2D eigenvalue weighted by Gasteiger charge is 2.10. The molecule has 1 unspecified atom stereocenters. The summed E-state index contributed by atoms with van der Waals surface area (Å²) in [5.41, 5.74) is 6.61. The molecule has 0 heterocycles. The Morgan fingerprint density at radius 1 is 1.32 bits per heavy atom. The number of carbonyl (C=O) groups excluding carboxylic acids is 1. The van der Waals surface area contributed by atoms with Gasteiger partial charge in [-0.2, -0.15) is 0 Å². The zero-order chi connectivity index (χ0) is 14.3. The fourth-order valence-corrected chi connectivity index (χ4v) is 1.71. The summed E-state index contributed by atoms with van der Waals surface area (Å²) in [6.45, 7) is 7.40. The van der Waals surface area contributed by atoms with E-state index >= 15 is 0 Å². The lowest BCUT2D eigenvalue weighted by Crippen LogP contribution is -2.35. The van der Waals surface area contributed by atoms with E-state index in [9.17, 15) is 4.79 Å². The third-order valence-corrected chi connectivity index (χ3v) is 3.00. The van der Waals surface area contributed by atoms with Gasteiger partial charge in [-0.1, -0.05) is 39.0 Å². The lowest BCUT2D eigenvalue weighted by Gasteiger charge is -2.14. The van der Waals surface area contributed by atoms with E-state index < -0.39 is 0 Å². The molecule has 1 atom stereocenters. The van der Waals surface area contributed by atoms with Crippen LogP contribution in [0.1, 0.15) is 32.3 Å². The number of amides is 1. The molecule has 19 heavy (non-hydrogen) atoms. The molecule has 0 aliphatic carbocycles. The van der Waals surface area contributed by atoms with Gasteiger partial charge in [0.25, 0.3) is 0 Å². The average molecular weight is 264 g/mol. The molecule has 0 aromatic heterocycles. The molecule has 0 radical (unpaired) electrons. The van der Waals surface area contributed by atoms with E-state index in [1.807, 2.05) is 25.1 Å². The summed E-state index contributed by atoms with van der Waals surface area (Å²) in [4.78, 5) is 11.5. The first-order valence-corrected chi connectivity index (χ1v) is 6.75. The summed E-state index contributed by atoms with van der Waals surface area (Å²) >= 11 is 0. The van der Waals surface area contributed by atoms with Gasteiger partial charge in [0.05, 0.1) is 6.54 Å². The van der Waals surface area contributed by atoms with Gasteiger partial charge < -0.3 is 15.8 Å². The van der Waals surface area contributed by atoms with Crippen molar-refractivity contribution in [3.63, 3.8) is 0 Å². The molecule has 1 rings (SSSR count). The van der Waals surface area contributed by atoms with Crippen LogP contribution < -0.4 is 15.8 Å². The minimum atomic E-state index is -0.150. The molecule has 3 N–H and O–H groups in total. The van der Waals surface area contributed by atoms with Gasteiger partial charge in [-0.15, -0.1) is 0 Å². The molecule has 4 nitrogen and oxygen atoms in total. The number of nitrogens with two attached hydrogens (primary N) is 1. The van der Waals surface area contributed by atoms with Crippen molar-refractivity contribution in [1.29, 1.82) is 0 Å².